The van der Waals surface area contributed by atoms with E-state index in [0.29, 0.717) is 0 Å². The smallest absolute Gasteiger partial charge is 0.272 e. The Hall–Kier alpha value is -2.73. The predicted molar refractivity (Wildman–Crippen MR) is 78.1 cm³/mol. The molecule has 2 N–H and O–H groups in total. The molecule has 0 unspecified atom stereocenters. The molecule has 0 aromatic heterocycles. The maximum absolute atomic E-state index is 13.4. The highest BCUT2D eigenvalue weighted by molar-refractivity contribution is 5.95. The number of benzene rings is 2. The normalized spacial score (nSPS) is 10.0. The summed E-state index contributed by atoms with van der Waals surface area (Å²) in [6, 6.07) is 14.9. The van der Waals surface area contributed by atoms with Gasteiger partial charge >= 0.3 is 0 Å². The van der Waals surface area contributed by atoms with Crippen LogP contribution in [-0.4, -0.2) is 18.4 Å². The van der Waals surface area contributed by atoms with Crippen molar-refractivity contribution >= 4 is 11.8 Å². The summed E-state index contributed by atoms with van der Waals surface area (Å²) in [6.45, 7) is 0.0714. The molecule has 0 bridgehead atoms. The molecular weight excluding hydrogens is 287 g/mol. The first-order valence-electron chi connectivity index (χ1n) is 6.62. The second-order valence-electron chi connectivity index (χ2n) is 4.46. The SMILES string of the molecule is O=C(COCc1ccccc1)NNC(=O)c1ccccc1F. The lowest BCUT2D eigenvalue weighted by Gasteiger charge is -2.08. The van der Waals surface area contributed by atoms with Crippen LogP contribution in [0.5, 0.6) is 0 Å². The van der Waals surface area contributed by atoms with Gasteiger partial charge in [0.1, 0.15) is 12.4 Å². The fraction of sp³-hybridized carbons (Fsp3) is 0.125. The van der Waals surface area contributed by atoms with Crippen LogP contribution in [0.25, 0.3) is 0 Å². The van der Waals surface area contributed by atoms with Gasteiger partial charge in [0, 0.05) is 0 Å². The molecule has 114 valence electrons. The van der Waals surface area contributed by atoms with Crippen molar-refractivity contribution in [2.24, 2.45) is 0 Å². The van der Waals surface area contributed by atoms with E-state index in [1.807, 2.05) is 30.3 Å². The zero-order valence-corrected chi connectivity index (χ0v) is 11.7. The first-order chi connectivity index (χ1) is 10.7. The van der Waals surface area contributed by atoms with Gasteiger partial charge in [0.15, 0.2) is 0 Å². The van der Waals surface area contributed by atoms with Gasteiger partial charge in [-0.05, 0) is 17.7 Å². The lowest BCUT2D eigenvalue weighted by atomic mass is 10.2. The largest absolute Gasteiger partial charge is 0.367 e. The first-order valence-corrected chi connectivity index (χ1v) is 6.62. The molecule has 2 aromatic carbocycles. The third-order valence-electron chi connectivity index (χ3n) is 2.78. The number of carbonyl (C=O) groups excluding carboxylic acids is 2. The van der Waals surface area contributed by atoms with Gasteiger partial charge in [-0.25, -0.2) is 4.39 Å². The second-order valence-corrected chi connectivity index (χ2v) is 4.46. The lowest BCUT2D eigenvalue weighted by molar-refractivity contribution is -0.126. The van der Waals surface area contributed by atoms with Crippen molar-refractivity contribution < 1.29 is 18.7 Å². The molecule has 0 fully saturated rings. The van der Waals surface area contributed by atoms with E-state index in [2.05, 4.69) is 10.9 Å². The molecule has 0 aliphatic rings. The van der Waals surface area contributed by atoms with Gasteiger partial charge in [-0.1, -0.05) is 42.5 Å². The van der Waals surface area contributed by atoms with E-state index < -0.39 is 17.6 Å². The maximum atomic E-state index is 13.4. The Morgan fingerprint density at radius 3 is 2.36 bits per heavy atom. The van der Waals surface area contributed by atoms with E-state index in [1.54, 1.807) is 0 Å². The highest BCUT2D eigenvalue weighted by atomic mass is 19.1. The third kappa shape index (κ3) is 4.68. The number of hydrogen-bond donors (Lipinski definition) is 2. The molecule has 0 spiro atoms. The summed E-state index contributed by atoms with van der Waals surface area (Å²) in [5, 5.41) is 0. The molecule has 5 nitrogen and oxygen atoms in total. The van der Waals surface area contributed by atoms with Crippen molar-refractivity contribution in [3.8, 4) is 0 Å². The highest BCUT2D eigenvalue weighted by Crippen LogP contribution is 2.05. The van der Waals surface area contributed by atoms with Crippen LogP contribution >= 0.6 is 0 Å². The summed E-state index contributed by atoms with van der Waals surface area (Å²) in [6.07, 6.45) is 0. The van der Waals surface area contributed by atoms with Crippen molar-refractivity contribution in [2.75, 3.05) is 6.61 Å². The monoisotopic (exact) mass is 302 g/mol. The van der Waals surface area contributed by atoms with Crippen LogP contribution in [0.1, 0.15) is 15.9 Å². The van der Waals surface area contributed by atoms with Crippen LogP contribution < -0.4 is 10.9 Å². The summed E-state index contributed by atoms with van der Waals surface area (Å²) in [5.41, 5.74) is 5.08. The number of carbonyl (C=O) groups is 2. The summed E-state index contributed by atoms with van der Waals surface area (Å²) in [5.74, 6) is -1.91. The molecule has 0 saturated carbocycles. The van der Waals surface area contributed by atoms with Crippen molar-refractivity contribution in [3.63, 3.8) is 0 Å². The van der Waals surface area contributed by atoms with Crippen LogP contribution in [0.4, 0.5) is 4.39 Å². The van der Waals surface area contributed by atoms with Crippen molar-refractivity contribution in [2.45, 2.75) is 6.61 Å². The molecule has 0 saturated heterocycles. The molecule has 2 amide bonds. The Morgan fingerprint density at radius 1 is 0.955 bits per heavy atom. The average Bonchev–Trinajstić information content (AvgIpc) is 2.54. The number of hydrazine groups is 1. The van der Waals surface area contributed by atoms with Crippen LogP contribution in [0, 0.1) is 5.82 Å². The molecule has 0 atom stereocenters. The van der Waals surface area contributed by atoms with E-state index >= 15 is 0 Å². The van der Waals surface area contributed by atoms with Gasteiger partial charge in [-0.2, -0.15) is 0 Å². The van der Waals surface area contributed by atoms with Crippen LogP contribution in [0.3, 0.4) is 0 Å². The lowest BCUT2D eigenvalue weighted by Crippen LogP contribution is -2.43. The molecule has 2 aromatic rings. The molecular formula is C16H15FN2O3. The number of nitrogens with one attached hydrogen (secondary N) is 2. The molecule has 22 heavy (non-hydrogen) atoms. The summed E-state index contributed by atoms with van der Waals surface area (Å²) in [4.78, 5) is 23.2. The van der Waals surface area contributed by atoms with Gasteiger partial charge in [0.2, 0.25) is 0 Å². The van der Waals surface area contributed by atoms with Crippen LogP contribution in [0.15, 0.2) is 54.6 Å². The fourth-order valence-electron chi connectivity index (χ4n) is 1.71. The fourth-order valence-corrected chi connectivity index (χ4v) is 1.71. The Balaban J connectivity index is 1.72. The predicted octanol–water partition coefficient (Wildman–Crippen LogP) is 1.80. The van der Waals surface area contributed by atoms with E-state index in [9.17, 15) is 14.0 Å². The van der Waals surface area contributed by atoms with Gasteiger partial charge < -0.3 is 4.74 Å². The Labute approximate surface area is 127 Å². The first kappa shape index (κ1) is 15.7. The number of rotatable bonds is 5. The average molecular weight is 302 g/mol. The summed E-state index contributed by atoms with van der Waals surface area (Å²) >= 11 is 0. The topological polar surface area (TPSA) is 67.4 Å². The van der Waals surface area contributed by atoms with Crippen LogP contribution in [-0.2, 0) is 16.1 Å². The second kappa shape index (κ2) is 7.90. The molecule has 6 heteroatoms. The summed E-state index contributed by atoms with van der Waals surface area (Å²) in [7, 11) is 0. The van der Waals surface area contributed by atoms with Crippen molar-refractivity contribution in [1.29, 1.82) is 0 Å². The van der Waals surface area contributed by atoms with Gasteiger partial charge in [-0.3, -0.25) is 20.4 Å². The van der Waals surface area contributed by atoms with E-state index in [0.717, 1.165) is 5.56 Å². The Bertz CT molecular complexity index is 647. The van der Waals surface area contributed by atoms with Gasteiger partial charge in [0.05, 0.1) is 12.2 Å². The maximum Gasteiger partial charge on any atom is 0.272 e. The number of halogens is 1. The molecule has 0 aliphatic carbocycles. The summed E-state index contributed by atoms with van der Waals surface area (Å²) < 4.78 is 18.6. The highest BCUT2D eigenvalue weighted by Gasteiger charge is 2.11. The van der Waals surface area contributed by atoms with E-state index in [-0.39, 0.29) is 18.8 Å². The Kier molecular flexibility index (Phi) is 5.62. The van der Waals surface area contributed by atoms with E-state index in [4.69, 9.17) is 4.74 Å². The zero-order valence-electron chi connectivity index (χ0n) is 11.7. The minimum Gasteiger partial charge on any atom is -0.367 e. The minimum atomic E-state index is -0.727. The van der Waals surface area contributed by atoms with Crippen molar-refractivity contribution in [3.05, 3.63) is 71.5 Å². The van der Waals surface area contributed by atoms with Crippen LogP contribution in [0.2, 0.25) is 0 Å². The van der Waals surface area contributed by atoms with Crippen molar-refractivity contribution in [1.82, 2.24) is 10.9 Å². The van der Waals surface area contributed by atoms with Gasteiger partial charge in [0.25, 0.3) is 11.8 Å². The standard InChI is InChI=1S/C16H15FN2O3/c17-14-9-5-4-8-13(14)16(21)19-18-15(20)11-22-10-12-6-2-1-3-7-12/h1-9H,10-11H2,(H,18,20)(H,19,21). The molecule has 2 rings (SSSR count). The number of amides is 2. The van der Waals surface area contributed by atoms with Gasteiger partial charge in [-0.15, -0.1) is 0 Å². The zero-order chi connectivity index (χ0) is 15.8. The minimum absolute atomic E-state index is 0.145. The molecule has 0 heterocycles. The van der Waals surface area contributed by atoms with E-state index in [1.165, 1.54) is 24.3 Å². The number of ether oxygens (including phenoxy) is 1. The molecule has 0 radical (unpaired) electrons. The third-order valence-corrected chi connectivity index (χ3v) is 2.78. The molecule has 0 aliphatic heterocycles. The Morgan fingerprint density at radius 2 is 1.64 bits per heavy atom. The quantitative estimate of drug-likeness (QED) is 0.828. The number of hydrogen-bond acceptors (Lipinski definition) is 3.